The van der Waals surface area contributed by atoms with Crippen molar-refractivity contribution in [1.82, 2.24) is 10.2 Å². The van der Waals surface area contributed by atoms with Gasteiger partial charge in [0.25, 0.3) is 0 Å². The Morgan fingerprint density at radius 2 is 1.83 bits per heavy atom. The number of anilines is 1. The molecule has 0 saturated carbocycles. The van der Waals surface area contributed by atoms with E-state index >= 15 is 0 Å². The summed E-state index contributed by atoms with van der Waals surface area (Å²) < 4.78 is 0. The lowest BCUT2D eigenvalue weighted by Gasteiger charge is -2.36. The van der Waals surface area contributed by atoms with Crippen molar-refractivity contribution in [3.05, 3.63) is 101 Å². The number of Topliss-reactive ketones (excluding diaryl/α,β-unsaturated/α-hetero) is 1. The van der Waals surface area contributed by atoms with Gasteiger partial charge < -0.3 is 21.3 Å². The number of hydrogen-bond acceptors (Lipinski definition) is 5. The number of nitrogens with two attached hydrogens (primary N) is 1. The first-order chi connectivity index (χ1) is 19.7. The Kier molecular flexibility index (Phi) is 11.6. The molecule has 0 aromatic heterocycles. The van der Waals surface area contributed by atoms with Crippen molar-refractivity contribution in [2.45, 2.75) is 58.2 Å². The van der Waals surface area contributed by atoms with Crippen LogP contribution in [-0.2, 0) is 32.1 Å². The summed E-state index contributed by atoms with van der Waals surface area (Å²) in [6.45, 7) is 7.51. The number of amides is 3. The van der Waals surface area contributed by atoms with Crippen molar-refractivity contribution in [2.75, 3.05) is 11.9 Å². The maximum atomic E-state index is 13.6. The van der Waals surface area contributed by atoms with E-state index < -0.39 is 23.9 Å². The second-order valence-electron chi connectivity index (χ2n) is 9.97. The molecule has 0 radical (unpaired) electrons. The molecule has 9 heteroatoms. The first-order valence-corrected chi connectivity index (χ1v) is 14.0. The van der Waals surface area contributed by atoms with E-state index in [1.165, 1.54) is 4.90 Å². The van der Waals surface area contributed by atoms with E-state index in [0.29, 0.717) is 16.3 Å². The average molecular weight is 577 g/mol. The molecule has 8 nitrogen and oxygen atoms in total. The summed E-state index contributed by atoms with van der Waals surface area (Å²) >= 11 is 6.35. The number of nitrogens with one attached hydrogen (secondary N) is 2. The van der Waals surface area contributed by atoms with Gasteiger partial charge in [0.1, 0.15) is 12.1 Å². The number of rotatable bonds is 12. The van der Waals surface area contributed by atoms with Crippen LogP contribution in [0.4, 0.5) is 5.69 Å². The number of halogens is 1. The molecule has 1 aliphatic rings. The normalized spacial score (nSPS) is 15.7. The number of ketones is 1. The van der Waals surface area contributed by atoms with Crippen LogP contribution in [-0.4, -0.2) is 47.0 Å². The molecule has 216 valence electrons. The number of carbonyl (C=O) groups excluding carboxylic acids is 4. The smallest absolute Gasteiger partial charge is 0.247 e. The fourth-order valence-corrected chi connectivity index (χ4v) is 4.79. The Morgan fingerprint density at radius 1 is 1.10 bits per heavy atom. The van der Waals surface area contributed by atoms with Gasteiger partial charge in [-0.3, -0.25) is 19.2 Å². The van der Waals surface area contributed by atoms with Crippen LogP contribution in [0.5, 0.6) is 0 Å². The molecule has 2 aromatic carbocycles. The highest BCUT2D eigenvalue weighted by atomic mass is 35.5. The molecule has 0 spiro atoms. The zero-order valence-corrected chi connectivity index (χ0v) is 24.2. The van der Waals surface area contributed by atoms with E-state index in [0.717, 1.165) is 16.7 Å². The molecule has 1 heterocycles. The zero-order chi connectivity index (χ0) is 29.9. The predicted molar refractivity (Wildman–Crippen MR) is 162 cm³/mol. The quantitative estimate of drug-likeness (QED) is 0.255. The Balaban J connectivity index is 1.77. The van der Waals surface area contributed by atoms with E-state index in [2.05, 4.69) is 17.2 Å². The van der Waals surface area contributed by atoms with Crippen LogP contribution >= 0.6 is 11.6 Å². The van der Waals surface area contributed by atoms with Gasteiger partial charge in [0.05, 0.1) is 10.7 Å². The highest BCUT2D eigenvalue weighted by molar-refractivity contribution is 6.34. The highest BCUT2D eigenvalue weighted by Crippen LogP contribution is 2.26. The molecule has 4 N–H and O–H groups in total. The molecule has 0 saturated heterocycles. The molecular weight excluding hydrogens is 540 g/mol. The molecule has 2 atom stereocenters. The van der Waals surface area contributed by atoms with E-state index in [-0.39, 0.29) is 50.5 Å². The lowest BCUT2D eigenvalue weighted by molar-refractivity contribution is -0.143. The fourth-order valence-electron chi connectivity index (χ4n) is 4.62. The van der Waals surface area contributed by atoms with Crippen molar-refractivity contribution in [3.8, 4) is 0 Å². The van der Waals surface area contributed by atoms with Crippen LogP contribution < -0.4 is 16.4 Å². The molecule has 0 aliphatic carbocycles. The van der Waals surface area contributed by atoms with Crippen LogP contribution in [0.15, 0.2) is 78.9 Å². The lowest BCUT2D eigenvalue weighted by Crippen LogP contribution is -2.56. The number of benzene rings is 2. The third kappa shape index (κ3) is 8.49. The van der Waals surface area contributed by atoms with E-state index in [4.69, 9.17) is 17.3 Å². The zero-order valence-electron chi connectivity index (χ0n) is 23.5. The molecule has 41 heavy (non-hydrogen) atoms. The van der Waals surface area contributed by atoms with Gasteiger partial charge in [-0.15, -0.1) is 0 Å². The minimum atomic E-state index is -0.934. The summed E-state index contributed by atoms with van der Waals surface area (Å²) in [6.07, 6.45) is 7.16. The van der Waals surface area contributed by atoms with Crippen molar-refractivity contribution >= 4 is 40.8 Å². The first kappa shape index (κ1) is 31.5. The van der Waals surface area contributed by atoms with Crippen LogP contribution in [0.1, 0.15) is 42.9 Å². The second kappa shape index (κ2) is 15.1. The maximum Gasteiger partial charge on any atom is 0.247 e. The minimum Gasteiger partial charge on any atom is -0.342 e. The summed E-state index contributed by atoms with van der Waals surface area (Å²) in [7, 11) is 0. The Labute approximate surface area is 246 Å². The third-order valence-electron chi connectivity index (χ3n) is 7.01. The van der Waals surface area contributed by atoms with Gasteiger partial charge in [0, 0.05) is 25.8 Å². The Morgan fingerprint density at radius 3 is 2.54 bits per heavy atom. The fraction of sp³-hybridized carbons (Fsp3) is 0.312. The summed E-state index contributed by atoms with van der Waals surface area (Å²) in [6, 6.07) is 11.1. The van der Waals surface area contributed by atoms with Crippen LogP contribution in [0.2, 0.25) is 5.02 Å². The van der Waals surface area contributed by atoms with Crippen molar-refractivity contribution in [2.24, 2.45) is 5.73 Å². The van der Waals surface area contributed by atoms with Crippen molar-refractivity contribution in [1.29, 1.82) is 0 Å². The van der Waals surface area contributed by atoms with Gasteiger partial charge in [-0.25, -0.2) is 0 Å². The molecule has 1 aliphatic heterocycles. The molecular formula is C32H37ClN4O4. The number of carbonyl (C=O) groups is 4. The SMILES string of the molecule is C=C/C=C\C=C(/C)C(=O)CCC(=O)N1Cc2ccccc2C[C@H]1C(=O)N[C@@H](CCN)C(=O)Nc1cccc(C)c1Cl. The van der Waals surface area contributed by atoms with Gasteiger partial charge in [-0.1, -0.05) is 78.9 Å². The van der Waals surface area contributed by atoms with Gasteiger partial charge in [0.2, 0.25) is 17.7 Å². The van der Waals surface area contributed by atoms with Gasteiger partial charge in [-0.05, 0) is 55.1 Å². The summed E-state index contributed by atoms with van der Waals surface area (Å²) in [5, 5.41) is 6.00. The number of nitrogens with zero attached hydrogens (tertiary/aromatic N) is 1. The first-order valence-electron chi connectivity index (χ1n) is 13.6. The van der Waals surface area contributed by atoms with Crippen LogP contribution in [0, 0.1) is 6.92 Å². The maximum absolute atomic E-state index is 13.6. The highest BCUT2D eigenvalue weighted by Gasteiger charge is 2.36. The van der Waals surface area contributed by atoms with Crippen molar-refractivity contribution in [3.63, 3.8) is 0 Å². The Hall–Kier alpha value is -4.01. The van der Waals surface area contributed by atoms with Crippen molar-refractivity contribution < 1.29 is 19.2 Å². The van der Waals surface area contributed by atoms with Crippen LogP contribution in [0.3, 0.4) is 0 Å². The van der Waals surface area contributed by atoms with Gasteiger partial charge in [-0.2, -0.15) is 0 Å². The molecule has 0 bridgehead atoms. The molecule has 0 unspecified atom stereocenters. The minimum absolute atomic E-state index is 0.0189. The number of fused-ring (bicyclic) bond motifs is 1. The predicted octanol–water partition coefficient (Wildman–Crippen LogP) is 4.41. The second-order valence-corrected chi connectivity index (χ2v) is 10.3. The third-order valence-corrected chi connectivity index (χ3v) is 7.51. The van der Waals surface area contributed by atoms with Gasteiger partial charge >= 0.3 is 0 Å². The summed E-state index contributed by atoms with van der Waals surface area (Å²) in [5.41, 5.74) is 9.42. The largest absolute Gasteiger partial charge is 0.342 e. The van der Waals surface area contributed by atoms with E-state index in [9.17, 15) is 19.2 Å². The summed E-state index contributed by atoms with van der Waals surface area (Å²) in [4.78, 5) is 54.3. The lowest BCUT2D eigenvalue weighted by atomic mass is 9.92. The average Bonchev–Trinajstić information content (AvgIpc) is 2.97. The number of aryl methyl sites for hydroxylation is 1. The molecule has 3 rings (SSSR count). The standard InChI is InChI=1S/C32H37ClN4O4/c1-4-5-6-10-21(2)28(38)15-16-29(39)37-20-24-13-8-7-12-23(24)19-27(37)32(41)36-26(17-18-34)31(40)35-25-14-9-11-22(3)30(25)33/h4-14,26-27H,1,15-20,34H2,2-3H3,(H,35,40)(H,36,41)/b6-5-,21-10+/t26-,27-/m0/s1. The van der Waals surface area contributed by atoms with E-state index in [1.807, 2.05) is 37.3 Å². The van der Waals surface area contributed by atoms with Crippen LogP contribution in [0.25, 0.3) is 0 Å². The van der Waals surface area contributed by atoms with E-state index in [1.54, 1.807) is 43.4 Å². The number of hydrogen-bond donors (Lipinski definition) is 3. The molecule has 0 fully saturated rings. The van der Waals surface area contributed by atoms with Gasteiger partial charge in [0.15, 0.2) is 5.78 Å². The molecule has 3 amide bonds. The Bertz CT molecular complexity index is 1370. The molecule has 2 aromatic rings. The summed E-state index contributed by atoms with van der Waals surface area (Å²) in [5.74, 6) is -1.38. The monoisotopic (exact) mass is 576 g/mol. The topological polar surface area (TPSA) is 122 Å². The number of allylic oxidation sites excluding steroid dienone is 5.